The fraction of sp³-hybridized carbons (Fsp3) is 0.417. The lowest BCUT2D eigenvalue weighted by Gasteiger charge is -2.40. The summed E-state index contributed by atoms with van der Waals surface area (Å²) in [4.78, 5) is 0. The first-order valence-electron chi connectivity index (χ1n) is 9.67. The highest BCUT2D eigenvalue weighted by molar-refractivity contribution is 6.30. The van der Waals surface area contributed by atoms with Gasteiger partial charge in [-0.1, -0.05) is 62.7 Å². The molecule has 0 saturated carbocycles. The number of hydrogen-bond acceptors (Lipinski definition) is 1. The van der Waals surface area contributed by atoms with Gasteiger partial charge in [-0.3, -0.25) is 0 Å². The van der Waals surface area contributed by atoms with Crippen LogP contribution in [0.15, 0.2) is 49.1 Å². The van der Waals surface area contributed by atoms with Crippen molar-refractivity contribution in [3.8, 4) is 0 Å². The van der Waals surface area contributed by atoms with E-state index in [9.17, 15) is 4.39 Å². The smallest absolute Gasteiger partial charge is 0.145 e. The number of halogens is 3. The SMILES string of the molecule is C=C[C@]1(c2ccc(C)cc2F)C(CC(C)(C)C)NCC1c1cccc(Cl)c1F. The van der Waals surface area contributed by atoms with E-state index in [0.717, 1.165) is 12.0 Å². The first-order chi connectivity index (χ1) is 13.1. The zero-order valence-electron chi connectivity index (χ0n) is 17.0. The molecule has 0 aromatic heterocycles. The fourth-order valence-corrected chi connectivity index (χ4v) is 4.77. The molecule has 2 aromatic rings. The van der Waals surface area contributed by atoms with Crippen molar-refractivity contribution < 1.29 is 8.78 Å². The minimum absolute atomic E-state index is 0.00880. The molecule has 3 atom stereocenters. The summed E-state index contributed by atoms with van der Waals surface area (Å²) in [5.74, 6) is -1.03. The lowest BCUT2D eigenvalue weighted by atomic mass is 9.63. The molecule has 1 aliphatic heterocycles. The first-order valence-corrected chi connectivity index (χ1v) is 10.1. The van der Waals surface area contributed by atoms with E-state index in [4.69, 9.17) is 11.6 Å². The van der Waals surface area contributed by atoms with E-state index < -0.39 is 11.2 Å². The molecule has 4 heteroatoms. The molecule has 1 nitrogen and oxygen atoms in total. The monoisotopic (exact) mass is 403 g/mol. The van der Waals surface area contributed by atoms with Gasteiger partial charge in [0.05, 0.1) is 5.02 Å². The van der Waals surface area contributed by atoms with Gasteiger partial charge in [0.1, 0.15) is 11.6 Å². The molecule has 150 valence electrons. The Labute approximate surface area is 171 Å². The van der Waals surface area contributed by atoms with Crippen LogP contribution in [0.2, 0.25) is 5.02 Å². The van der Waals surface area contributed by atoms with Crippen LogP contribution >= 0.6 is 11.6 Å². The minimum atomic E-state index is -0.781. The molecule has 1 N–H and O–H groups in total. The van der Waals surface area contributed by atoms with Crippen molar-refractivity contribution in [2.45, 2.75) is 51.5 Å². The molecule has 1 fully saturated rings. The largest absolute Gasteiger partial charge is 0.312 e. The third kappa shape index (κ3) is 3.62. The molecule has 1 saturated heterocycles. The van der Waals surface area contributed by atoms with Crippen LogP contribution in [-0.2, 0) is 5.41 Å². The van der Waals surface area contributed by atoms with Crippen molar-refractivity contribution in [3.63, 3.8) is 0 Å². The second kappa shape index (κ2) is 7.61. The summed E-state index contributed by atoms with van der Waals surface area (Å²) in [6, 6.07) is 10.2. The van der Waals surface area contributed by atoms with E-state index in [2.05, 4.69) is 32.7 Å². The van der Waals surface area contributed by atoms with E-state index in [1.807, 2.05) is 25.1 Å². The minimum Gasteiger partial charge on any atom is -0.312 e. The Morgan fingerprint density at radius 1 is 1.25 bits per heavy atom. The highest BCUT2D eigenvalue weighted by Gasteiger charge is 2.52. The van der Waals surface area contributed by atoms with E-state index in [0.29, 0.717) is 17.7 Å². The summed E-state index contributed by atoms with van der Waals surface area (Å²) in [5, 5.41) is 3.63. The Balaban J connectivity index is 2.24. The first kappa shape index (κ1) is 21.0. The number of aryl methyl sites for hydroxylation is 1. The lowest BCUT2D eigenvalue weighted by Crippen LogP contribution is -2.44. The number of hydrogen-bond donors (Lipinski definition) is 1. The average molecular weight is 404 g/mol. The second-order valence-electron chi connectivity index (χ2n) is 9.04. The summed E-state index contributed by atoms with van der Waals surface area (Å²) < 4.78 is 30.2. The topological polar surface area (TPSA) is 12.0 Å². The van der Waals surface area contributed by atoms with Crippen LogP contribution in [0.3, 0.4) is 0 Å². The molecule has 28 heavy (non-hydrogen) atoms. The van der Waals surface area contributed by atoms with Crippen molar-refractivity contribution in [2.75, 3.05) is 6.54 Å². The number of benzene rings is 2. The Bertz CT molecular complexity index is 887. The molecule has 0 aliphatic carbocycles. The van der Waals surface area contributed by atoms with E-state index in [-0.39, 0.29) is 28.2 Å². The van der Waals surface area contributed by atoms with Crippen molar-refractivity contribution in [3.05, 3.63) is 82.4 Å². The summed E-state index contributed by atoms with van der Waals surface area (Å²) in [6.07, 6.45) is 2.60. The van der Waals surface area contributed by atoms with Crippen molar-refractivity contribution in [1.29, 1.82) is 0 Å². The highest BCUT2D eigenvalue weighted by atomic mass is 35.5. The summed E-state index contributed by atoms with van der Waals surface area (Å²) in [5.41, 5.74) is 1.13. The highest BCUT2D eigenvalue weighted by Crippen LogP contribution is 2.51. The predicted octanol–water partition coefficient (Wildman–Crippen LogP) is 6.54. The molecular formula is C24H28ClF2N. The number of nitrogens with one attached hydrogen (secondary N) is 1. The molecule has 2 unspecified atom stereocenters. The van der Waals surface area contributed by atoms with Crippen LogP contribution < -0.4 is 5.32 Å². The Kier molecular flexibility index (Phi) is 5.71. The second-order valence-corrected chi connectivity index (χ2v) is 9.45. The van der Waals surface area contributed by atoms with Gasteiger partial charge in [0.15, 0.2) is 0 Å². The van der Waals surface area contributed by atoms with Gasteiger partial charge in [0.2, 0.25) is 0 Å². The molecule has 3 rings (SSSR count). The van der Waals surface area contributed by atoms with Gasteiger partial charge in [-0.25, -0.2) is 8.78 Å². The van der Waals surface area contributed by atoms with E-state index >= 15 is 4.39 Å². The lowest BCUT2D eigenvalue weighted by molar-refractivity contribution is 0.274. The van der Waals surface area contributed by atoms with Crippen LogP contribution in [0.4, 0.5) is 8.78 Å². The fourth-order valence-electron chi connectivity index (χ4n) is 4.59. The molecule has 0 amide bonds. The van der Waals surface area contributed by atoms with Gasteiger partial charge in [-0.2, -0.15) is 0 Å². The summed E-state index contributed by atoms with van der Waals surface area (Å²) >= 11 is 6.07. The van der Waals surface area contributed by atoms with E-state index in [1.54, 1.807) is 18.2 Å². The Morgan fingerprint density at radius 2 is 1.96 bits per heavy atom. The summed E-state index contributed by atoms with van der Waals surface area (Å²) in [7, 11) is 0. The van der Waals surface area contributed by atoms with Gasteiger partial charge in [-0.05, 0) is 42.0 Å². The Hall–Kier alpha value is -1.71. The van der Waals surface area contributed by atoms with Gasteiger partial charge in [-0.15, -0.1) is 6.58 Å². The normalized spacial score (nSPS) is 25.1. The maximum absolute atomic E-state index is 15.2. The van der Waals surface area contributed by atoms with Crippen LogP contribution in [0.1, 0.15) is 49.8 Å². The molecule has 2 aromatic carbocycles. The zero-order valence-corrected chi connectivity index (χ0v) is 17.7. The van der Waals surface area contributed by atoms with Gasteiger partial charge >= 0.3 is 0 Å². The van der Waals surface area contributed by atoms with Gasteiger partial charge < -0.3 is 5.32 Å². The quantitative estimate of drug-likeness (QED) is 0.571. The maximum Gasteiger partial charge on any atom is 0.145 e. The average Bonchev–Trinajstić information content (AvgIpc) is 2.94. The molecule has 0 radical (unpaired) electrons. The third-order valence-corrected chi connectivity index (χ3v) is 6.12. The van der Waals surface area contributed by atoms with Crippen LogP contribution in [0.25, 0.3) is 0 Å². The maximum atomic E-state index is 15.2. The molecule has 0 bridgehead atoms. The van der Waals surface area contributed by atoms with Gasteiger partial charge in [0.25, 0.3) is 0 Å². The van der Waals surface area contributed by atoms with Crippen molar-refractivity contribution >= 4 is 11.6 Å². The van der Waals surface area contributed by atoms with Gasteiger partial charge in [0, 0.05) is 29.5 Å². The third-order valence-electron chi connectivity index (χ3n) is 5.82. The molecular weight excluding hydrogens is 376 g/mol. The molecule has 1 heterocycles. The van der Waals surface area contributed by atoms with Crippen molar-refractivity contribution in [2.24, 2.45) is 5.41 Å². The summed E-state index contributed by atoms with van der Waals surface area (Å²) in [6.45, 7) is 13.0. The van der Waals surface area contributed by atoms with Crippen LogP contribution in [0.5, 0.6) is 0 Å². The van der Waals surface area contributed by atoms with Crippen LogP contribution in [-0.4, -0.2) is 12.6 Å². The standard InChI is InChI=1S/C24H28ClF2N/c1-6-24(17-11-10-15(2)12-20(17)26)18(14-28-21(24)13-23(3,4)5)16-8-7-9-19(25)22(16)27/h6-12,18,21,28H,1,13-14H2,2-5H3/t18?,21?,24-/m1/s1. The van der Waals surface area contributed by atoms with Crippen LogP contribution in [0, 0.1) is 24.0 Å². The predicted molar refractivity (Wildman–Crippen MR) is 113 cm³/mol. The molecule has 0 spiro atoms. The zero-order chi connectivity index (χ0) is 20.7. The van der Waals surface area contributed by atoms with Crippen molar-refractivity contribution in [1.82, 2.24) is 5.32 Å². The Morgan fingerprint density at radius 3 is 2.57 bits per heavy atom. The van der Waals surface area contributed by atoms with E-state index in [1.165, 1.54) is 6.07 Å². The number of rotatable bonds is 4. The molecule has 1 aliphatic rings.